The Bertz CT molecular complexity index is 1250. The third-order valence-electron chi connectivity index (χ3n) is 4.83. The number of nitrogens with zero attached hydrogens (tertiary/aromatic N) is 3. The molecule has 0 aliphatic rings. The molecule has 0 radical (unpaired) electrons. The average Bonchev–Trinajstić information content (AvgIpc) is 3.05. The van der Waals surface area contributed by atoms with Crippen LogP contribution in [0.3, 0.4) is 0 Å². The van der Waals surface area contributed by atoms with E-state index < -0.39 is 0 Å². The summed E-state index contributed by atoms with van der Waals surface area (Å²) in [7, 11) is 0. The average molecular weight is 370 g/mol. The van der Waals surface area contributed by atoms with E-state index in [9.17, 15) is 0 Å². The molecule has 0 N–H and O–H groups in total. The molecule has 3 aromatic carbocycles. The Morgan fingerprint density at radius 2 is 1.67 bits per heavy atom. The number of pyridine rings is 1. The zero-order valence-corrected chi connectivity index (χ0v) is 15.3. The molecule has 0 atom stereocenters. The van der Waals surface area contributed by atoms with Gasteiger partial charge in [0.2, 0.25) is 0 Å². The summed E-state index contributed by atoms with van der Waals surface area (Å²) in [6.07, 6.45) is 3.64. The van der Waals surface area contributed by atoms with E-state index in [4.69, 9.17) is 16.6 Å². The van der Waals surface area contributed by atoms with Crippen LogP contribution in [0.25, 0.3) is 33.2 Å². The molecule has 0 saturated heterocycles. The van der Waals surface area contributed by atoms with E-state index in [1.165, 1.54) is 16.3 Å². The van der Waals surface area contributed by atoms with Crippen molar-refractivity contribution in [2.24, 2.45) is 0 Å². The molecule has 130 valence electrons. The highest BCUT2D eigenvalue weighted by atomic mass is 35.5. The predicted octanol–water partition coefficient (Wildman–Crippen LogP) is 5.95. The molecule has 2 aromatic heterocycles. The summed E-state index contributed by atoms with van der Waals surface area (Å²) in [5.41, 5.74) is 4.27. The van der Waals surface area contributed by atoms with Crippen molar-refractivity contribution in [1.29, 1.82) is 0 Å². The Labute approximate surface area is 161 Å². The number of benzene rings is 3. The first-order valence-corrected chi connectivity index (χ1v) is 9.20. The molecule has 5 aromatic rings. The first kappa shape index (κ1) is 16.0. The normalized spacial score (nSPS) is 11.3. The molecule has 0 aliphatic heterocycles. The minimum atomic E-state index is 0.695. The van der Waals surface area contributed by atoms with Gasteiger partial charge in [0.15, 0.2) is 0 Å². The van der Waals surface area contributed by atoms with Crippen molar-refractivity contribution in [3.63, 3.8) is 0 Å². The standard InChI is InChI=1S/C23H16ClN3/c24-18-8-9-22-21(14-18)26-23(27(22)15-16-10-12-25-13-11-16)20-7-3-5-17-4-1-2-6-19(17)20/h1-14H,15H2. The number of halogens is 1. The fourth-order valence-electron chi connectivity index (χ4n) is 3.56. The molecular formula is C23H16ClN3. The highest BCUT2D eigenvalue weighted by molar-refractivity contribution is 6.31. The molecule has 3 nitrogen and oxygen atoms in total. The molecule has 0 spiro atoms. The zero-order chi connectivity index (χ0) is 18.2. The fraction of sp³-hybridized carbons (Fsp3) is 0.0435. The lowest BCUT2D eigenvalue weighted by Crippen LogP contribution is -2.02. The maximum absolute atomic E-state index is 6.22. The minimum Gasteiger partial charge on any atom is -0.319 e. The van der Waals surface area contributed by atoms with Gasteiger partial charge in [0.1, 0.15) is 5.82 Å². The third-order valence-corrected chi connectivity index (χ3v) is 5.07. The van der Waals surface area contributed by atoms with Crippen LogP contribution in [0.4, 0.5) is 0 Å². The summed E-state index contributed by atoms with van der Waals surface area (Å²) in [6, 6.07) is 24.7. The molecular weight excluding hydrogens is 354 g/mol. The van der Waals surface area contributed by atoms with Gasteiger partial charge in [-0.2, -0.15) is 0 Å². The Kier molecular flexibility index (Phi) is 3.88. The van der Waals surface area contributed by atoms with Crippen molar-refractivity contribution >= 4 is 33.4 Å². The number of hydrogen-bond acceptors (Lipinski definition) is 2. The summed E-state index contributed by atoms with van der Waals surface area (Å²) in [4.78, 5) is 9.08. The molecule has 0 bridgehead atoms. The summed E-state index contributed by atoms with van der Waals surface area (Å²) in [5.74, 6) is 0.945. The fourth-order valence-corrected chi connectivity index (χ4v) is 3.73. The van der Waals surface area contributed by atoms with Crippen molar-refractivity contribution in [1.82, 2.24) is 14.5 Å². The minimum absolute atomic E-state index is 0.695. The SMILES string of the molecule is Clc1ccc2c(c1)nc(-c1cccc3ccccc13)n2Cc1ccncc1. The summed E-state index contributed by atoms with van der Waals surface area (Å²) < 4.78 is 2.25. The van der Waals surface area contributed by atoms with Crippen molar-refractivity contribution in [2.45, 2.75) is 6.54 Å². The molecule has 4 heteroatoms. The van der Waals surface area contributed by atoms with Crippen LogP contribution in [0.1, 0.15) is 5.56 Å². The number of hydrogen-bond donors (Lipinski definition) is 0. The zero-order valence-electron chi connectivity index (χ0n) is 14.5. The number of aromatic nitrogens is 3. The maximum Gasteiger partial charge on any atom is 0.142 e. The monoisotopic (exact) mass is 369 g/mol. The lowest BCUT2D eigenvalue weighted by Gasteiger charge is -2.11. The van der Waals surface area contributed by atoms with Gasteiger partial charge in [0.25, 0.3) is 0 Å². The van der Waals surface area contributed by atoms with Gasteiger partial charge in [-0.05, 0) is 46.7 Å². The molecule has 0 unspecified atom stereocenters. The van der Waals surface area contributed by atoms with Crippen LogP contribution < -0.4 is 0 Å². The van der Waals surface area contributed by atoms with E-state index >= 15 is 0 Å². The molecule has 5 rings (SSSR count). The van der Waals surface area contributed by atoms with Crippen LogP contribution in [0.5, 0.6) is 0 Å². The predicted molar refractivity (Wildman–Crippen MR) is 111 cm³/mol. The molecule has 27 heavy (non-hydrogen) atoms. The highest BCUT2D eigenvalue weighted by Gasteiger charge is 2.15. The first-order valence-electron chi connectivity index (χ1n) is 8.82. The van der Waals surface area contributed by atoms with E-state index in [1.807, 2.05) is 42.7 Å². The molecule has 0 aliphatic carbocycles. The third kappa shape index (κ3) is 2.86. The Balaban J connectivity index is 1.79. The van der Waals surface area contributed by atoms with Crippen molar-refractivity contribution < 1.29 is 0 Å². The molecule has 0 saturated carbocycles. The van der Waals surface area contributed by atoms with Gasteiger partial charge in [-0.15, -0.1) is 0 Å². The van der Waals surface area contributed by atoms with Crippen LogP contribution in [0.15, 0.2) is 85.2 Å². The van der Waals surface area contributed by atoms with Gasteiger partial charge >= 0.3 is 0 Å². The second-order valence-corrected chi connectivity index (χ2v) is 6.97. The van der Waals surface area contributed by atoms with Gasteiger partial charge in [0, 0.05) is 29.5 Å². The maximum atomic E-state index is 6.22. The van der Waals surface area contributed by atoms with Crippen molar-refractivity contribution in [3.05, 3.63) is 95.8 Å². The van der Waals surface area contributed by atoms with Gasteiger partial charge in [-0.1, -0.05) is 54.1 Å². The van der Waals surface area contributed by atoms with Gasteiger partial charge in [-0.3, -0.25) is 4.98 Å². The van der Waals surface area contributed by atoms with Crippen LogP contribution in [0, 0.1) is 0 Å². The second kappa shape index (κ2) is 6.53. The molecule has 0 amide bonds. The summed E-state index contributed by atoms with van der Waals surface area (Å²) >= 11 is 6.22. The van der Waals surface area contributed by atoms with E-state index in [0.717, 1.165) is 29.0 Å². The molecule has 0 fully saturated rings. The van der Waals surface area contributed by atoms with Gasteiger partial charge in [0.05, 0.1) is 11.0 Å². The Morgan fingerprint density at radius 3 is 2.56 bits per heavy atom. The highest BCUT2D eigenvalue weighted by Crippen LogP contribution is 2.32. The largest absolute Gasteiger partial charge is 0.319 e. The van der Waals surface area contributed by atoms with Crippen molar-refractivity contribution in [2.75, 3.05) is 0 Å². The van der Waals surface area contributed by atoms with E-state index in [1.54, 1.807) is 0 Å². The summed E-state index contributed by atoms with van der Waals surface area (Å²) in [6.45, 7) is 0.721. The lowest BCUT2D eigenvalue weighted by atomic mass is 10.0. The van der Waals surface area contributed by atoms with Gasteiger partial charge in [-0.25, -0.2) is 4.98 Å². The first-order chi connectivity index (χ1) is 13.3. The van der Waals surface area contributed by atoms with Crippen LogP contribution in [-0.4, -0.2) is 14.5 Å². The smallest absolute Gasteiger partial charge is 0.142 e. The topological polar surface area (TPSA) is 30.7 Å². The van der Waals surface area contributed by atoms with E-state index in [2.05, 4.69) is 52.0 Å². The summed E-state index contributed by atoms with van der Waals surface area (Å²) in [5, 5.41) is 3.09. The van der Waals surface area contributed by atoms with E-state index in [0.29, 0.717) is 5.02 Å². The van der Waals surface area contributed by atoms with Crippen LogP contribution >= 0.6 is 11.6 Å². The van der Waals surface area contributed by atoms with Crippen LogP contribution in [0.2, 0.25) is 5.02 Å². The number of rotatable bonds is 3. The number of imidazole rings is 1. The van der Waals surface area contributed by atoms with Gasteiger partial charge < -0.3 is 4.57 Å². The van der Waals surface area contributed by atoms with Crippen LogP contribution in [-0.2, 0) is 6.54 Å². The Morgan fingerprint density at radius 1 is 0.852 bits per heavy atom. The quantitative estimate of drug-likeness (QED) is 0.393. The Hall–Kier alpha value is -3.17. The molecule has 2 heterocycles. The lowest BCUT2D eigenvalue weighted by molar-refractivity contribution is 0.833. The van der Waals surface area contributed by atoms with E-state index in [-0.39, 0.29) is 0 Å². The number of fused-ring (bicyclic) bond motifs is 2. The second-order valence-electron chi connectivity index (χ2n) is 6.54. The van der Waals surface area contributed by atoms with Crippen molar-refractivity contribution in [3.8, 4) is 11.4 Å².